The number of thiocarbonyl (C=S) groups is 1. The Morgan fingerprint density at radius 1 is 0.947 bits per heavy atom. The maximum absolute atomic E-state index is 12.6. The number of carbonyl (C=O) groups excluding carboxylic acids is 2. The lowest BCUT2D eigenvalue weighted by Gasteiger charge is -2.36. The number of rotatable bonds is 5. The second-order valence-electron chi connectivity index (χ2n) is 8.50. The van der Waals surface area contributed by atoms with Crippen LogP contribution in [-0.4, -0.2) is 48.0 Å². The van der Waals surface area contributed by atoms with Crippen molar-refractivity contribution in [2.75, 3.05) is 36.4 Å². The van der Waals surface area contributed by atoms with E-state index in [1.807, 2.05) is 46.7 Å². The third-order valence-electron chi connectivity index (χ3n) is 6.03. The standard InChI is InChI=1S/C27H22Cl2N4O3S2/c28-18-5-3-17(4-6-18)22-9-10-23(36-22)25(34)31-27(37)30-19-7-8-21(20(29)16-19)32-11-13-33(14-12-32)26(35)24-2-1-15-38-24/h1-10,15-16H,11-14H2,(H2,30,31,34,37). The molecule has 0 saturated carbocycles. The number of benzene rings is 2. The van der Waals surface area contributed by atoms with E-state index in [1.165, 1.54) is 11.3 Å². The van der Waals surface area contributed by atoms with Gasteiger partial charge in [0.15, 0.2) is 10.9 Å². The van der Waals surface area contributed by atoms with Crippen LogP contribution in [0.25, 0.3) is 11.3 Å². The molecule has 0 aliphatic carbocycles. The van der Waals surface area contributed by atoms with Crippen LogP contribution in [0.15, 0.2) is 76.5 Å². The average molecular weight is 586 g/mol. The molecule has 1 aliphatic heterocycles. The van der Waals surface area contributed by atoms with E-state index in [0.29, 0.717) is 47.7 Å². The molecule has 0 atom stereocenters. The maximum Gasteiger partial charge on any atom is 0.293 e. The Morgan fingerprint density at radius 2 is 1.71 bits per heavy atom. The molecule has 0 spiro atoms. The van der Waals surface area contributed by atoms with Crippen molar-refractivity contribution in [2.45, 2.75) is 0 Å². The summed E-state index contributed by atoms with van der Waals surface area (Å²) < 4.78 is 5.67. The number of thiophene rings is 1. The number of anilines is 2. The molecular formula is C27H22Cl2N4O3S2. The van der Waals surface area contributed by atoms with E-state index in [-0.39, 0.29) is 16.8 Å². The fourth-order valence-electron chi connectivity index (χ4n) is 4.10. The van der Waals surface area contributed by atoms with Crippen LogP contribution in [0.3, 0.4) is 0 Å². The molecule has 4 aromatic rings. The van der Waals surface area contributed by atoms with Crippen LogP contribution in [0.5, 0.6) is 0 Å². The highest BCUT2D eigenvalue weighted by Gasteiger charge is 2.24. The van der Waals surface area contributed by atoms with Gasteiger partial charge in [-0.3, -0.25) is 14.9 Å². The predicted octanol–water partition coefficient (Wildman–Crippen LogP) is 6.40. The van der Waals surface area contributed by atoms with Crippen molar-refractivity contribution < 1.29 is 14.0 Å². The largest absolute Gasteiger partial charge is 0.451 e. The van der Waals surface area contributed by atoms with E-state index in [9.17, 15) is 9.59 Å². The van der Waals surface area contributed by atoms with E-state index in [4.69, 9.17) is 39.8 Å². The average Bonchev–Trinajstić information content (AvgIpc) is 3.62. The summed E-state index contributed by atoms with van der Waals surface area (Å²) in [6, 6.07) is 19.7. The molecule has 2 amide bonds. The first-order chi connectivity index (χ1) is 18.4. The zero-order valence-electron chi connectivity index (χ0n) is 19.9. The number of furan rings is 1. The molecule has 0 unspecified atom stereocenters. The van der Waals surface area contributed by atoms with Crippen LogP contribution in [-0.2, 0) is 0 Å². The van der Waals surface area contributed by atoms with Crippen molar-refractivity contribution in [3.05, 3.63) is 92.8 Å². The first kappa shape index (κ1) is 26.2. The van der Waals surface area contributed by atoms with Gasteiger partial charge in [-0.25, -0.2) is 0 Å². The van der Waals surface area contributed by atoms with Gasteiger partial charge in [0, 0.05) is 42.5 Å². The van der Waals surface area contributed by atoms with Gasteiger partial charge in [0.25, 0.3) is 11.8 Å². The van der Waals surface area contributed by atoms with Gasteiger partial charge in [-0.2, -0.15) is 0 Å². The lowest BCUT2D eigenvalue weighted by atomic mass is 10.2. The monoisotopic (exact) mass is 584 g/mol. The van der Waals surface area contributed by atoms with Crippen LogP contribution in [0.4, 0.5) is 11.4 Å². The molecule has 11 heteroatoms. The fourth-order valence-corrected chi connectivity index (χ4v) is 5.43. The Hall–Kier alpha value is -3.37. The Bertz CT molecular complexity index is 1460. The van der Waals surface area contributed by atoms with E-state index in [0.717, 1.165) is 16.1 Å². The van der Waals surface area contributed by atoms with Gasteiger partial charge in [0.2, 0.25) is 0 Å². The summed E-state index contributed by atoms with van der Waals surface area (Å²) >= 11 is 19.3. The lowest BCUT2D eigenvalue weighted by molar-refractivity contribution is 0.0751. The molecule has 194 valence electrons. The summed E-state index contributed by atoms with van der Waals surface area (Å²) in [6.07, 6.45) is 0. The summed E-state index contributed by atoms with van der Waals surface area (Å²) in [4.78, 5) is 30.0. The highest BCUT2D eigenvalue weighted by Crippen LogP contribution is 2.30. The fraction of sp³-hybridized carbons (Fsp3) is 0.148. The van der Waals surface area contributed by atoms with Crippen molar-refractivity contribution in [1.29, 1.82) is 0 Å². The number of nitrogens with one attached hydrogen (secondary N) is 2. The minimum absolute atomic E-state index is 0.0663. The van der Waals surface area contributed by atoms with Gasteiger partial charge in [-0.15, -0.1) is 11.3 Å². The topological polar surface area (TPSA) is 77.8 Å². The maximum atomic E-state index is 12.6. The zero-order chi connectivity index (χ0) is 26.6. The smallest absolute Gasteiger partial charge is 0.293 e. The third kappa shape index (κ3) is 6.02. The summed E-state index contributed by atoms with van der Waals surface area (Å²) in [5.41, 5.74) is 2.32. The van der Waals surface area contributed by atoms with Gasteiger partial charge < -0.3 is 19.5 Å². The van der Waals surface area contributed by atoms with Gasteiger partial charge >= 0.3 is 0 Å². The number of carbonyl (C=O) groups is 2. The van der Waals surface area contributed by atoms with Gasteiger partial charge in [0.05, 0.1) is 15.6 Å². The Kier molecular flexibility index (Phi) is 7.99. The quantitative estimate of drug-likeness (QED) is 0.264. The summed E-state index contributed by atoms with van der Waals surface area (Å²) in [6.45, 7) is 2.60. The SMILES string of the molecule is O=C(NC(=S)Nc1ccc(N2CCN(C(=O)c3cccs3)CC2)c(Cl)c1)c1ccc(-c2ccc(Cl)cc2)o1. The van der Waals surface area contributed by atoms with Crippen LogP contribution in [0.2, 0.25) is 10.0 Å². The van der Waals surface area contributed by atoms with Crippen molar-refractivity contribution in [3.63, 3.8) is 0 Å². The number of halogens is 2. The molecule has 5 rings (SSSR count). The molecule has 1 fully saturated rings. The molecule has 3 heterocycles. The Labute approximate surface area is 238 Å². The van der Waals surface area contributed by atoms with Crippen molar-refractivity contribution in [2.24, 2.45) is 0 Å². The molecule has 1 saturated heterocycles. The number of hydrogen-bond acceptors (Lipinski definition) is 6. The number of amides is 2. The van der Waals surface area contributed by atoms with Crippen molar-refractivity contribution in [3.8, 4) is 11.3 Å². The van der Waals surface area contributed by atoms with Crippen LogP contribution in [0, 0.1) is 0 Å². The minimum Gasteiger partial charge on any atom is -0.451 e. The zero-order valence-corrected chi connectivity index (χ0v) is 23.1. The highest BCUT2D eigenvalue weighted by molar-refractivity contribution is 7.80. The first-order valence-corrected chi connectivity index (χ1v) is 13.8. The molecule has 7 nitrogen and oxygen atoms in total. The Balaban J connectivity index is 1.15. The molecule has 38 heavy (non-hydrogen) atoms. The molecule has 2 aromatic carbocycles. The molecule has 2 N–H and O–H groups in total. The normalized spacial score (nSPS) is 13.3. The molecular weight excluding hydrogens is 563 g/mol. The second-order valence-corrected chi connectivity index (χ2v) is 10.7. The molecule has 0 bridgehead atoms. The summed E-state index contributed by atoms with van der Waals surface area (Å²) in [5.74, 6) is 0.269. The Morgan fingerprint density at radius 3 is 2.39 bits per heavy atom. The van der Waals surface area contributed by atoms with Crippen LogP contribution >= 0.6 is 46.8 Å². The van der Waals surface area contributed by atoms with E-state index < -0.39 is 5.91 Å². The van der Waals surface area contributed by atoms with E-state index >= 15 is 0 Å². The summed E-state index contributed by atoms with van der Waals surface area (Å²) in [7, 11) is 0. The predicted molar refractivity (Wildman–Crippen MR) is 157 cm³/mol. The number of piperazine rings is 1. The number of hydrogen-bond donors (Lipinski definition) is 2. The minimum atomic E-state index is -0.472. The van der Waals surface area contributed by atoms with Gasteiger partial charge in [-0.05, 0) is 78.3 Å². The lowest BCUT2D eigenvalue weighted by Crippen LogP contribution is -2.48. The molecule has 0 radical (unpaired) electrons. The van der Waals surface area contributed by atoms with E-state index in [1.54, 1.807) is 30.3 Å². The van der Waals surface area contributed by atoms with Gasteiger partial charge in [0.1, 0.15) is 5.76 Å². The van der Waals surface area contributed by atoms with Crippen molar-refractivity contribution in [1.82, 2.24) is 10.2 Å². The van der Waals surface area contributed by atoms with E-state index in [2.05, 4.69) is 15.5 Å². The van der Waals surface area contributed by atoms with Crippen LogP contribution < -0.4 is 15.5 Å². The third-order valence-corrected chi connectivity index (χ3v) is 7.65. The summed E-state index contributed by atoms with van der Waals surface area (Å²) in [5, 5.41) is 8.79. The highest BCUT2D eigenvalue weighted by atomic mass is 35.5. The van der Waals surface area contributed by atoms with Gasteiger partial charge in [-0.1, -0.05) is 29.3 Å². The number of nitrogens with zero attached hydrogens (tertiary/aromatic N) is 2. The second kappa shape index (κ2) is 11.6. The van der Waals surface area contributed by atoms with Crippen LogP contribution in [0.1, 0.15) is 20.2 Å². The first-order valence-electron chi connectivity index (χ1n) is 11.7. The molecule has 2 aromatic heterocycles. The van der Waals surface area contributed by atoms with Crippen molar-refractivity contribution >= 4 is 75.1 Å². The molecule has 1 aliphatic rings.